The molecular formula is C21H19N7O4. The van der Waals surface area contributed by atoms with Crippen LogP contribution >= 0.6 is 0 Å². The molecule has 4 rings (SSSR count). The quantitative estimate of drug-likeness (QED) is 0.274. The molecule has 4 aromatic rings. The Morgan fingerprint density at radius 2 is 1.75 bits per heavy atom. The summed E-state index contributed by atoms with van der Waals surface area (Å²) in [6, 6.07) is 15.1. The van der Waals surface area contributed by atoms with Gasteiger partial charge in [0.1, 0.15) is 17.3 Å². The first kappa shape index (κ1) is 20.6. The van der Waals surface area contributed by atoms with Crippen LogP contribution in [0.5, 0.6) is 11.5 Å². The summed E-state index contributed by atoms with van der Waals surface area (Å²) in [6.07, 6.45) is 1.65. The Balaban J connectivity index is 1.59. The molecule has 0 amide bonds. The first-order valence-corrected chi connectivity index (χ1v) is 9.45. The third kappa shape index (κ3) is 4.56. The highest BCUT2D eigenvalue weighted by Crippen LogP contribution is 2.31. The lowest BCUT2D eigenvalue weighted by molar-refractivity contribution is -0.384. The molecule has 0 bridgehead atoms. The van der Waals surface area contributed by atoms with Crippen molar-refractivity contribution in [3.05, 3.63) is 70.9 Å². The van der Waals surface area contributed by atoms with E-state index in [1.807, 2.05) is 18.2 Å². The number of rotatable bonds is 8. The van der Waals surface area contributed by atoms with Crippen molar-refractivity contribution >= 4 is 28.8 Å². The van der Waals surface area contributed by atoms with Gasteiger partial charge in [-0.3, -0.25) is 15.2 Å². The van der Waals surface area contributed by atoms with Crippen LogP contribution in [0, 0.1) is 10.1 Å². The molecule has 0 aliphatic rings. The minimum Gasteiger partial charge on any atom is -0.497 e. The summed E-state index contributed by atoms with van der Waals surface area (Å²) >= 11 is 0. The lowest BCUT2D eigenvalue weighted by Crippen LogP contribution is -1.98. The number of nitro benzene ring substituents is 1. The monoisotopic (exact) mass is 433 g/mol. The Bertz CT molecular complexity index is 1240. The number of anilines is 4. The van der Waals surface area contributed by atoms with Crippen LogP contribution in [0.4, 0.5) is 28.8 Å². The van der Waals surface area contributed by atoms with Crippen molar-refractivity contribution in [3.63, 3.8) is 0 Å². The third-order valence-electron chi connectivity index (χ3n) is 4.48. The van der Waals surface area contributed by atoms with Crippen LogP contribution < -0.4 is 20.1 Å². The molecule has 3 N–H and O–H groups in total. The minimum atomic E-state index is -0.463. The summed E-state index contributed by atoms with van der Waals surface area (Å²) < 4.78 is 10.6. The number of hydrogen-bond acceptors (Lipinski definition) is 9. The molecule has 32 heavy (non-hydrogen) atoms. The standard InChI is InChI=1S/C21H19N7O4/c1-31-16-10-14(11-17(12-16)32-2)23-19-18(7-4-8-22-19)20-25-21(27-26-20)24-13-5-3-6-15(9-13)28(29)30/h3-12H,1-2H3,(H,22,23)(H2,24,25,26,27). The van der Waals surface area contributed by atoms with Gasteiger partial charge in [-0.25, -0.2) is 4.98 Å². The summed E-state index contributed by atoms with van der Waals surface area (Å²) in [7, 11) is 3.16. The summed E-state index contributed by atoms with van der Waals surface area (Å²) in [5.41, 5.74) is 1.86. The van der Waals surface area contributed by atoms with Crippen LogP contribution in [-0.2, 0) is 0 Å². The first-order valence-electron chi connectivity index (χ1n) is 9.45. The molecule has 0 spiro atoms. The Kier molecular flexibility index (Phi) is 5.79. The van der Waals surface area contributed by atoms with E-state index in [0.717, 1.165) is 5.69 Å². The van der Waals surface area contributed by atoms with Crippen LogP contribution in [0.2, 0.25) is 0 Å². The molecule has 11 nitrogen and oxygen atoms in total. The fraction of sp³-hybridized carbons (Fsp3) is 0.0952. The van der Waals surface area contributed by atoms with Crippen LogP contribution in [0.25, 0.3) is 11.4 Å². The van der Waals surface area contributed by atoms with Crippen molar-refractivity contribution in [2.75, 3.05) is 24.9 Å². The van der Waals surface area contributed by atoms with Crippen molar-refractivity contribution < 1.29 is 14.4 Å². The van der Waals surface area contributed by atoms with E-state index in [1.165, 1.54) is 12.1 Å². The van der Waals surface area contributed by atoms with Gasteiger partial charge in [0, 0.05) is 47.9 Å². The van der Waals surface area contributed by atoms with Crippen molar-refractivity contribution in [2.24, 2.45) is 0 Å². The van der Waals surface area contributed by atoms with E-state index in [1.54, 1.807) is 44.7 Å². The van der Waals surface area contributed by atoms with Crippen molar-refractivity contribution in [2.45, 2.75) is 0 Å². The molecule has 0 fully saturated rings. The smallest absolute Gasteiger partial charge is 0.271 e. The highest BCUT2D eigenvalue weighted by molar-refractivity contribution is 5.75. The van der Waals surface area contributed by atoms with Crippen LogP contribution in [0.3, 0.4) is 0 Å². The normalized spacial score (nSPS) is 10.4. The number of ether oxygens (including phenoxy) is 2. The highest BCUT2D eigenvalue weighted by Gasteiger charge is 2.13. The maximum atomic E-state index is 11.0. The molecular weight excluding hydrogens is 414 g/mol. The Hall–Kier alpha value is -4.67. The Morgan fingerprint density at radius 1 is 0.969 bits per heavy atom. The van der Waals surface area contributed by atoms with Gasteiger partial charge in [0.15, 0.2) is 5.82 Å². The number of methoxy groups -OCH3 is 2. The molecule has 2 heterocycles. The summed E-state index contributed by atoms with van der Waals surface area (Å²) in [5.74, 6) is 2.53. The van der Waals surface area contributed by atoms with Crippen LogP contribution in [0.1, 0.15) is 0 Å². The van der Waals surface area contributed by atoms with Crippen LogP contribution in [0.15, 0.2) is 60.8 Å². The van der Waals surface area contributed by atoms with Gasteiger partial charge in [-0.15, -0.1) is 5.10 Å². The van der Waals surface area contributed by atoms with Gasteiger partial charge in [-0.1, -0.05) is 6.07 Å². The second-order valence-electron chi connectivity index (χ2n) is 6.57. The van der Waals surface area contributed by atoms with Gasteiger partial charge in [-0.2, -0.15) is 4.98 Å². The summed E-state index contributed by atoms with van der Waals surface area (Å²) in [5, 5.41) is 24.2. The van der Waals surface area contributed by atoms with Crippen LogP contribution in [-0.4, -0.2) is 39.3 Å². The molecule has 0 atom stereocenters. The number of nitro groups is 1. The number of nitrogens with one attached hydrogen (secondary N) is 3. The van der Waals surface area contributed by atoms with Gasteiger partial charge in [0.05, 0.1) is 24.7 Å². The van der Waals surface area contributed by atoms with E-state index >= 15 is 0 Å². The van der Waals surface area contributed by atoms with E-state index in [9.17, 15) is 10.1 Å². The topological polar surface area (TPSA) is 140 Å². The fourth-order valence-corrected chi connectivity index (χ4v) is 2.98. The molecule has 162 valence electrons. The number of hydrogen-bond donors (Lipinski definition) is 3. The second kappa shape index (κ2) is 9.00. The lowest BCUT2D eigenvalue weighted by atomic mass is 10.2. The molecule has 0 saturated heterocycles. The van der Waals surface area contributed by atoms with E-state index in [4.69, 9.17) is 9.47 Å². The van der Waals surface area contributed by atoms with E-state index in [2.05, 4.69) is 30.8 Å². The molecule has 0 saturated carbocycles. The van der Waals surface area contributed by atoms with E-state index in [-0.39, 0.29) is 11.6 Å². The molecule has 0 radical (unpaired) electrons. The van der Waals surface area contributed by atoms with Crippen molar-refractivity contribution in [3.8, 4) is 22.9 Å². The number of aromatic nitrogens is 4. The Morgan fingerprint density at radius 3 is 2.47 bits per heavy atom. The molecule has 2 aromatic carbocycles. The number of pyridine rings is 1. The zero-order valence-corrected chi connectivity index (χ0v) is 17.2. The molecule has 2 aromatic heterocycles. The van der Waals surface area contributed by atoms with E-state index in [0.29, 0.717) is 34.4 Å². The van der Waals surface area contributed by atoms with Gasteiger partial charge in [0.25, 0.3) is 5.69 Å². The first-order chi connectivity index (χ1) is 15.6. The fourth-order valence-electron chi connectivity index (χ4n) is 2.98. The summed E-state index contributed by atoms with van der Waals surface area (Å²) in [4.78, 5) is 19.4. The molecule has 11 heteroatoms. The zero-order chi connectivity index (χ0) is 22.5. The minimum absolute atomic E-state index is 0.0294. The van der Waals surface area contributed by atoms with Gasteiger partial charge >= 0.3 is 0 Å². The lowest BCUT2D eigenvalue weighted by Gasteiger charge is -2.12. The Labute approximate surface area is 182 Å². The number of benzene rings is 2. The number of nitrogens with zero attached hydrogens (tertiary/aromatic N) is 4. The number of aromatic amines is 1. The molecule has 0 unspecified atom stereocenters. The number of non-ortho nitro benzene ring substituents is 1. The van der Waals surface area contributed by atoms with Gasteiger partial charge in [0.2, 0.25) is 5.95 Å². The second-order valence-corrected chi connectivity index (χ2v) is 6.57. The maximum Gasteiger partial charge on any atom is 0.271 e. The van der Waals surface area contributed by atoms with Crippen molar-refractivity contribution in [1.29, 1.82) is 0 Å². The zero-order valence-electron chi connectivity index (χ0n) is 17.2. The van der Waals surface area contributed by atoms with Crippen molar-refractivity contribution in [1.82, 2.24) is 20.2 Å². The molecule has 0 aliphatic carbocycles. The highest BCUT2D eigenvalue weighted by atomic mass is 16.6. The summed E-state index contributed by atoms with van der Waals surface area (Å²) in [6.45, 7) is 0. The molecule has 0 aliphatic heterocycles. The average molecular weight is 433 g/mol. The average Bonchev–Trinajstić information content (AvgIpc) is 3.27. The largest absolute Gasteiger partial charge is 0.497 e. The van der Waals surface area contributed by atoms with Gasteiger partial charge < -0.3 is 20.1 Å². The third-order valence-corrected chi connectivity index (χ3v) is 4.48. The SMILES string of the molecule is COc1cc(Nc2ncccc2-c2nc(Nc3cccc([N+](=O)[O-])c3)n[nH]2)cc(OC)c1. The maximum absolute atomic E-state index is 11.0. The van der Waals surface area contributed by atoms with E-state index < -0.39 is 4.92 Å². The predicted molar refractivity (Wildman–Crippen MR) is 119 cm³/mol. The predicted octanol–water partition coefficient (Wildman–Crippen LogP) is 4.28. The number of H-pyrrole nitrogens is 1. The van der Waals surface area contributed by atoms with Gasteiger partial charge in [-0.05, 0) is 18.2 Å².